The van der Waals surface area contributed by atoms with Gasteiger partial charge in [-0.15, -0.1) is 11.6 Å². The van der Waals surface area contributed by atoms with Gasteiger partial charge in [0.05, 0.1) is 6.20 Å². The number of hydrogen-bond donors (Lipinski definition) is 0. The summed E-state index contributed by atoms with van der Waals surface area (Å²) >= 11 is 5.53. The van der Waals surface area contributed by atoms with Gasteiger partial charge in [-0.05, 0) is 13.3 Å². The van der Waals surface area contributed by atoms with Gasteiger partial charge in [0.1, 0.15) is 0 Å². The third-order valence-corrected chi connectivity index (χ3v) is 1.78. The molecule has 0 N–H and O–H groups in total. The predicted octanol–water partition coefficient (Wildman–Crippen LogP) is 2.55. The number of aromatic nitrogens is 2. The average Bonchev–Trinajstić information content (AvgIpc) is 2.53. The molecule has 0 aliphatic rings. The summed E-state index contributed by atoms with van der Waals surface area (Å²) in [5.74, 6) is 0.679. The second-order valence-corrected chi connectivity index (χ2v) is 2.89. The third-order valence-electron chi connectivity index (χ3n) is 1.56. The molecule has 0 spiro atoms. The summed E-state index contributed by atoms with van der Waals surface area (Å²) in [6, 6.07) is 0. The van der Waals surface area contributed by atoms with Gasteiger partial charge in [0.15, 0.2) is 0 Å². The van der Waals surface area contributed by atoms with Crippen LogP contribution in [-0.2, 0) is 6.54 Å². The van der Waals surface area contributed by atoms with E-state index in [9.17, 15) is 0 Å². The number of aryl methyl sites for hydroxylation is 1. The van der Waals surface area contributed by atoms with Crippen molar-refractivity contribution < 1.29 is 0 Å². The molecule has 0 bridgehead atoms. The van der Waals surface area contributed by atoms with Crippen molar-refractivity contribution in [2.24, 2.45) is 0 Å². The van der Waals surface area contributed by atoms with E-state index in [-0.39, 0.29) is 0 Å². The van der Waals surface area contributed by atoms with Crippen LogP contribution >= 0.6 is 11.6 Å². The zero-order valence-corrected chi connectivity index (χ0v) is 7.96. The summed E-state index contributed by atoms with van der Waals surface area (Å²) in [4.78, 5) is 0. The minimum absolute atomic E-state index is 0.679. The fraction of sp³-hybridized carbons (Fsp3) is 0.444. The van der Waals surface area contributed by atoms with E-state index in [0.717, 1.165) is 18.5 Å². The van der Waals surface area contributed by atoms with Crippen LogP contribution in [0.4, 0.5) is 0 Å². The molecule has 0 aromatic carbocycles. The molecular formula is C9H13ClN2. The number of rotatable bonds is 4. The first kappa shape index (κ1) is 9.33. The number of nitrogens with zero attached hydrogens (tertiary/aromatic N) is 2. The molecule has 12 heavy (non-hydrogen) atoms. The van der Waals surface area contributed by atoms with Crippen LogP contribution < -0.4 is 0 Å². The van der Waals surface area contributed by atoms with Crippen molar-refractivity contribution in [2.75, 3.05) is 5.88 Å². The molecule has 1 heterocycles. The van der Waals surface area contributed by atoms with Crippen LogP contribution in [0.1, 0.15) is 18.9 Å². The molecule has 0 aliphatic carbocycles. The van der Waals surface area contributed by atoms with Crippen molar-refractivity contribution >= 4 is 17.7 Å². The molecule has 2 nitrogen and oxygen atoms in total. The lowest BCUT2D eigenvalue weighted by atomic mass is 10.3. The maximum absolute atomic E-state index is 5.53. The van der Waals surface area contributed by atoms with E-state index >= 15 is 0 Å². The molecule has 0 atom stereocenters. The minimum Gasteiger partial charge on any atom is -0.272 e. The van der Waals surface area contributed by atoms with Crippen LogP contribution in [0.25, 0.3) is 6.08 Å². The molecule has 0 saturated heterocycles. The van der Waals surface area contributed by atoms with Gasteiger partial charge in [-0.3, -0.25) is 4.68 Å². The quantitative estimate of drug-likeness (QED) is 0.658. The van der Waals surface area contributed by atoms with Crippen LogP contribution in [0.2, 0.25) is 0 Å². The Balaban J connectivity index is 2.51. The molecule has 0 amide bonds. The number of allylic oxidation sites excluding steroid dienone is 1. The van der Waals surface area contributed by atoms with Crippen LogP contribution in [0.3, 0.4) is 0 Å². The van der Waals surface area contributed by atoms with Gasteiger partial charge in [-0.2, -0.15) is 5.10 Å². The van der Waals surface area contributed by atoms with Gasteiger partial charge in [0.2, 0.25) is 0 Å². The van der Waals surface area contributed by atoms with Gasteiger partial charge in [-0.25, -0.2) is 0 Å². The summed E-state index contributed by atoms with van der Waals surface area (Å²) in [5, 5.41) is 4.15. The summed E-state index contributed by atoms with van der Waals surface area (Å²) in [6.07, 6.45) is 8.89. The summed E-state index contributed by atoms with van der Waals surface area (Å²) < 4.78 is 1.90. The second kappa shape index (κ2) is 4.99. The fourth-order valence-electron chi connectivity index (χ4n) is 0.921. The molecular weight excluding hydrogens is 172 g/mol. The Bertz CT molecular complexity index is 253. The number of halogens is 1. The molecule has 66 valence electrons. The Morgan fingerprint density at radius 1 is 1.67 bits per heavy atom. The Morgan fingerprint density at radius 2 is 2.50 bits per heavy atom. The molecule has 3 heteroatoms. The first-order chi connectivity index (χ1) is 5.86. The van der Waals surface area contributed by atoms with Crippen LogP contribution in [0, 0.1) is 0 Å². The van der Waals surface area contributed by atoms with Crippen molar-refractivity contribution in [3.63, 3.8) is 0 Å². The molecule has 0 aliphatic heterocycles. The first-order valence-electron chi connectivity index (χ1n) is 4.11. The van der Waals surface area contributed by atoms with Crippen LogP contribution in [0.5, 0.6) is 0 Å². The van der Waals surface area contributed by atoms with Gasteiger partial charge in [0, 0.05) is 24.2 Å². The number of hydrogen-bond acceptors (Lipinski definition) is 1. The number of alkyl halides is 1. The lowest BCUT2D eigenvalue weighted by Gasteiger charge is -1.89. The molecule has 0 radical (unpaired) electrons. The normalized spacial score (nSPS) is 11.2. The standard InChI is InChI=1S/C9H13ClN2/c1-2-12-8-9(7-11-12)5-3-4-6-10/h3,5,7-8H,2,4,6H2,1H3. The van der Waals surface area contributed by atoms with Gasteiger partial charge in [-0.1, -0.05) is 12.2 Å². The van der Waals surface area contributed by atoms with Crippen LogP contribution in [-0.4, -0.2) is 15.7 Å². The van der Waals surface area contributed by atoms with E-state index < -0.39 is 0 Å². The molecule has 0 saturated carbocycles. The summed E-state index contributed by atoms with van der Waals surface area (Å²) in [5.41, 5.74) is 1.14. The van der Waals surface area contributed by atoms with Crippen molar-refractivity contribution in [3.05, 3.63) is 24.0 Å². The smallest absolute Gasteiger partial charge is 0.0562 e. The van der Waals surface area contributed by atoms with Gasteiger partial charge < -0.3 is 0 Å². The molecule has 1 aromatic heterocycles. The van der Waals surface area contributed by atoms with E-state index in [1.807, 2.05) is 23.2 Å². The fourth-order valence-corrected chi connectivity index (χ4v) is 1.05. The predicted molar refractivity (Wildman–Crippen MR) is 52.3 cm³/mol. The van der Waals surface area contributed by atoms with Crippen molar-refractivity contribution in [1.82, 2.24) is 9.78 Å². The van der Waals surface area contributed by atoms with Gasteiger partial charge >= 0.3 is 0 Å². The Morgan fingerprint density at radius 3 is 3.08 bits per heavy atom. The SMILES string of the molecule is CCn1cc(C=CCCCl)cn1. The van der Waals surface area contributed by atoms with Crippen molar-refractivity contribution in [1.29, 1.82) is 0 Å². The van der Waals surface area contributed by atoms with E-state index in [1.165, 1.54) is 0 Å². The Kier molecular flexibility index (Phi) is 3.88. The second-order valence-electron chi connectivity index (χ2n) is 2.51. The van der Waals surface area contributed by atoms with Crippen LogP contribution in [0.15, 0.2) is 18.5 Å². The topological polar surface area (TPSA) is 17.8 Å². The first-order valence-corrected chi connectivity index (χ1v) is 4.65. The van der Waals surface area contributed by atoms with Gasteiger partial charge in [0.25, 0.3) is 0 Å². The zero-order chi connectivity index (χ0) is 8.81. The molecule has 1 aromatic rings. The maximum atomic E-state index is 5.53. The zero-order valence-electron chi connectivity index (χ0n) is 7.20. The van der Waals surface area contributed by atoms with E-state index in [2.05, 4.69) is 18.1 Å². The van der Waals surface area contributed by atoms with Crippen molar-refractivity contribution in [2.45, 2.75) is 19.9 Å². The largest absolute Gasteiger partial charge is 0.272 e. The third kappa shape index (κ3) is 2.70. The average molecular weight is 185 g/mol. The van der Waals surface area contributed by atoms with Crippen molar-refractivity contribution in [3.8, 4) is 0 Å². The maximum Gasteiger partial charge on any atom is 0.0562 e. The van der Waals surface area contributed by atoms with E-state index in [0.29, 0.717) is 5.88 Å². The lowest BCUT2D eigenvalue weighted by Crippen LogP contribution is -1.91. The molecule has 0 unspecified atom stereocenters. The van der Waals surface area contributed by atoms with E-state index in [4.69, 9.17) is 11.6 Å². The Hall–Kier alpha value is -0.760. The highest BCUT2D eigenvalue weighted by atomic mass is 35.5. The highest BCUT2D eigenvalue weighted by Gasteiger charge is 1.90. The summed E-state index contributed by atoms with van der Waals surface area (Å²) in [6.45, 7) is 2.99. The highest BCUT2D eigenvalue weighted by Crippen LogP contribution is 2.01. The van der Waals surface area contributed by atoms with E-state index in [1.54, 1.807) is 0 Å². The highest BCUT2D eigenvalue weighted by molar-refractivity contribution is 6.17. The monoisotopic (exact) mass is 184 g/mol. The minimum atomic E-state index is 0.679. The molecule has 1 rings (SSSR count). The summed E-state index contributed by atoms with van der Waals surface area (Å²) in [7, 11) is 0. The molecule has 0 fully saturated rings. The lowest BCUT2D eigenvalue weighted by molar-refractivity contribution is 0.660. The Labute approximate surface area is 77.8 Å².